The molecule has 1 heterocycles. The number of carbonyl (C=O) groups is 1. The van der Waals surface area contributed by atoms with Gasteiger partial charge in [-0.25, -0.2) is 0 Å². The number of aliphatic hydroxyl groups excluding tert-OH is 1. The number of hydrogen-bond acceptors (Lipinski definition) is 3. The van der Waals surface area contributed by atoms with Crippen molar-refractivity contribution in [3.05, 3.63) is 35.4 Å². The summed E-state index contributed by atoms with van der Waals surface area (Å²) in [4.78, 5) is 10.9. The zero-order valence-electron chi connectivity index (χ0n) is 10.4. The van der Waals surface area contributed by atoms with E-state index >= 15 is 0 Å². The lowest BCUT2D eigenvalue weighted by atomic mass is 9.98. The van der Waals surface area contributed by atoms with E-state index in [2.05, 4.69) is 0 Å². The number of aliphatic hydroxyl groups is 1. The summed E-state index contributed by atoms with van der Waals surface area (Å²) in [6.45, 7) is 1.69. The van der Waals surface area contributed by atoms with E-state index in [4.69, 9.17) is 5.11 Å². The number of hydrogen-bond donors (Lipinski definition) is 2. The quantitative estimate of drug-likeness (QED) is 0.878. The predicted molar refractivity (Wildman–Crippen MR) is 73.1 cm³/mol. The molecule has 0 aromatic heterocycles. The van der Waals surface area contributed by atoms with Crippen molar-refractivity contribution in [3.63, 3.8) is 0 Å². The van der Waals surface area contributed by atoms with Gasteiger partial charge in [0.2, 0.25) is 0 Å². The van der Waals surface area contributed by atoms with Crippen LogP contribution in [0, 0.1) is 0 Å². The van der Waals surface area contributed by atoms with E-state index < -0.39 is 11.9 Å². The van der Waals surface area contributed by atoms with E-state index in [-0.39, 0.29) is 11.4 Å². The molecule has 1 aliphatic rings. The predicted octanol–water partition coefficient (Wildman–Crippen LogP) is 2.28. The van der Waals surface area contributed by atoms with E-state index in [9.17, 15) is 9.90 Å². The van der Waals surface area contributed by atoms with Gasteiger partial charge in [-0.1, -0.05) is 24.3 Å². The lowest BCUT2D eigenvalue weighted by molar-refractivity contribution is -0.138. The fourth-order valence-corrected chi connectivity index (χ4v) is 3.50. The molecule has 3 unspecified atom stereocenters. The molecular formula is C14H18O3S. The molecule has 1 saturated heterocycles. The molecule has 3 atom stereocenters. The molecule has 0 bridgehead atoms. The van der Waals surface area contributed by atoms with Crippen LogP contribution >= 0.6 is 11.8 Å². The molecule has 0 amide bonds. The number of aliphatic carboxylic acids is 1. The van der Waals surface area contributed by atoms with Gasteiger partial charge in [-0.15, -0.1) is 0 Å². The topological polar surface area (TPSA) is 57.5 Å². The molecule has 0 spiro atoms. The summed E-state index contributed by atoms with van der Waals surface area (Å²) in [6.07, 6.45) is 1.53. The standard InChI is InChI=1S/C14H18O3S/c1-9(14(16)17)11-4-2-10(3-5-11)8-13-12(15)6-7-18-13/h2-5,9,12-13,15H,6-8H2,1H3,(H,16,17). The Morgan fingerprint density at radius 2 is 2.11 bits per heavy atom. The monoisotopic (exact) mass is 266 g/mol. The van der Waals surface area contributed by atoms with Crippen molar-refractivity contribution in [2.45, 2.75) is 37.0 Å². The fourth-order valence-electron chi connectivity index (χ4n) is 2.15. The average molecular weight is 266 g/mol. The maximum absolute atomic E-state index is 10.9. The Kier molecular flexibility index (Phi) is 4.30. The maximum atomic E-state index is 10.9. The summed E-state index contributed by atoms with van der Waals surface area (Å²) in [7, 11) is 0. The second kappa shape index (κ2) is 5.76. The fraction of sp³-hybridized carbons (Fsp3) is 0.500. The van der Waals surface area contributed by atoms with Gasteiger partial charge in [-0.3, -0.25) is 4.79 Å². The van der Waals surface area contributed by atoms with Crippen LogP contribution < -0.4 is 0 Å². The van der Waals surface area contributed by atoms with Crippen molar-refractivity contribution in [3.8, 4) is 0 Å². The third-order valence-corrected chi connectivity index (χ3v) is 4.84. The summed E-state index contributed by atoms with van der Waals surface area (Å²) < 4.78 is 0. The Morgan fingerprint density at radius 1 is 1.44 bits per heavy atom. The Labute approximate surface area is 111 Å². The molecule has 1 aliphatic heterocycles. The molecule has 0 aliphatic carbocycles. The summed E-state index contributed by atoms with van der Waals surface area (Å²) in [5.74, 6) is -0.241. The normalized spacial score (nSPS) is 25.0. The first-order valence-electron chi connectivity index (χ1n) is 6.19. The van der Waals surface area contributed by atoms with Crippen LogP contribution in [-0.4, -0.2) is 33.3 Å². The molecule has 2 rings (SSSR count). The maximum Gasteiger partial charge on any atom is 0.310 e. The molecule has 98 valence electrons. The Morgan fingerprint density at radius 3 is 2.61 bits per heavy atom. The first-order chi connectivity index (χ1) is 8.58. The largest absolute Gasteiger partial charge is 0.481 e. The van der Waals surface area contributed by atoms with Crippen molar-refractivity contribution in [2.75, 3.05) is 5.75 Å². The highest BCUT2D eigenvalue weighted by Gasteiger charge is 2.25. The Bertz CT molecular complexity index is 416. The molecule has 18 heavy (non-hydrogen) atoms. The number of thioether (sulfide) groups is 1. The summed E-state index contributed by atoms with van der Waals surface area (Å²) in [5.41, 5.74) is 1.99. The molecule has 4 heteroatoms. The molecule has 1 fully saturated rings. The lowest BCUT2D eigenvalue weighted by Crippen LogP contribution is -2.19. The number of carboxylic acids is 1. The molecule has 2 N–H and O–H groups in total. The highest BCUT2D eigenvalue weighted by Crippen LogP contribution is 2.29. The van der Waals surface area contributed by atoms with Crippen molar-refractivity contribution >= 4 is 17.7 Å². The smallest absolute Gasteiger partial charge is 0.310 e. The second-order valence-corrected chi connectivity index (χ2v) is 6.12. The van der Waals surface area contributed by atoms with Gasteiger partial charge in [-0.2, -0.15) is 11.8 Å². The lowest BCUT2D eigenvalue weighted by Gasteiger charge is -2.14. The number of carboxylic acid groups (broad SMARTS) is 1. The Balaban J connectivity index is 2.01. The van der Waals surface area contributed by atoms with Crippen LogP contribution in [0.4, 0.5) is 0 Å². The number of benzene rings is 1. The van der Waals surface area contributed by atoms with Gasteiger partial charge < -0.3 is 10.2 Å². The van der Waals surface area contributed by atoms with Gasteiger partial charge in [0.25, 0.3) is 0 Å². The van der Waals surface area contributed by atoms with Crippen LogP contribution in [-0.2, 0) is 11.2 Å². The molecular weight excluding hydrogens is 248 g/mol. The highest BCUT2D eigenvalue weighted by atomic mass is 32.2. The minimum Gasteiger partial charge on any atom is -0.481 e. The Hall–Kier alpha value is -1.00. The molecule has 0 saturated carbocycles. The third-order valence-electron chi connectivity index (χ3n) is 3.46. The van der Waals surface area contributed by atoms with Crippen molar-refractivity contribution in [1.82, 2.24) is 0 Å². The summed E-state index contributed by atoms with van der Waals surface area (Å²) in [5, 5.41) is 19.0. The van der Waals surface area contributed by atoms with Gasteiger partial charge in [0.05, 0.1) is 12.0 Å². The van der Waals surface area contributed by atoms with E-state index in [0.29, 0.717) is 0 Å². The minimum absolute atomic E-state index is 0.201. The van der Waals surface area contributed by atoms with E-state index in [1.807, 2.05) is 36.0 Å². The van der Waals surface area contributed by atoms with Gasteiger partial charge in [0.15, 0.2) is 0 Å². The first kappa shape index (κ1) is 13.4. The van der Waals surface area contributed by atoms with E-state index in [0.717, 1.165) is 29.7 Å². The van der Waals surface area contributed by atoms with Crippen LogP contribution in [0.2, 0.25) is 0 Å². The van der Waals surface area contributed by atoms with Gasteiger partial charge >= 0.3 is 5.97 Å². The van der Waals surface area contributed by atoms with Crippen LogP contribution in [0.25, 0.3) is 0 Å². The first-order valence-corrected chi connectivity index (χ1v) is 7.24. The third kappa shape index (κ3) is 3.06. The molecule has 1 aromatic rings. The van der Waals surface area contributed by atoms with Crippen LogP contribution in [0.15, 0.2) is 24.3 Å². The minimum atomic E-state index is -0.801. The van der Waals surface area contributed by atoms with E-state index in [1.54, 1.807) is 6.92 Å². The van der Waals surface area contributed by atoms with Crippen molar-refractivity contribution in [1.29, 1.82) is 0 Å². The van der Waals surface area contributed by atoms with Crippen LogP contribution in [0.5, 0.6) is 0 Å². The molecule has 3 nitrogen and oxygen atoms in total. The zero-order chi connectivity index (χ0) is 13.1. The molecule has 0 radical (unpaired) electrons. The van der Waals surface area contributed by atoms with Crippen LogP contribution in [0.3, 0.4) is 0 Å². The van der Waals surface area contributed by atoms with Gasteiger partial charge in [0.1, 0.15) is 0 Å². The van der Waals surface area contributed by atoms with Crippen molar-refractivity contribution in [2.24, 2.45) is 0 Å². The summed E-state index contributed by atoms with van der Waals surface area (Å²) >= 11 is 1.82. The van der Waals surface area contributed by atoms with Gasteiger partial charge in [-0.05, 0) is 36.6 Å². The van der Waals surface area contributed by atoms with Crippen molar-refractivity contribution < 1.29 is 15.0 Å². The van der Waals surface area contributed by atoms with Crippen LogP contribution in [0.1, 0.15) is 30.4 Å². The van der Waals surface area contributed by atoms with E-state index in [1.165, 1.54) is 0 Å². The zero-order valence-corrected chi connectivity index (χ0v) is 11.2. The van der Waals surface area contributed by atoms with Gasteiger partial charge in [0, 0.05) is 5.25 Å². The second-order valence-electron chi connectivity index (χ2n) is 4.77. The number of rotatable bonds is 4. The average Bonchev–Trinajstić information content (AvgIpc) is 2.75. The SMILES string of the molecule is CC(C(=O)O)c1ccc(CC2SCCC2O)cc1. The highest BCUT2D eigenvalue weighted by molar-refractivity contribution is 8.00. The summed E-state index contributed by atoms with van der Waals surface area (Å²) in [6, 6.07) is 7.70. The molecule has 1 aromatic carbocycles.